The number of methoxy groups -OCH3 is 1. The van der Waals surface area contributed by atoms with Crippen molar-refractivity contribution in [2.75, 3.05) is 13.7 Å². The molecule has 0 N–H and O–H groups in total. The summed E-state index contributed by atoms with van der Waals surface area (Å²) in [5, 5.41) is 6.63. The molecule has 0 fully saturated rings. The first kappa shape index (κ1) is 18.0. The van der Waals surface area contributed by atoms with E-state index in [0.29, 0.717) is 34.1 Å². The van der Waals surface area contributed by atoms with E-state index >= 15 is 0 Å². The van der Waals surface area contributed by atoms with E-state index in [1.54, 1.807) is 31.7 Å². The first-order chi connectivity index (χ1) is 13.7. The topological polar surface area (TPSA) is 78.9 Å². The highest BCUT2D eigenvalue weighted by molar-refractivity contribution is 7.17. The fourth-order valence-corrected chi connectivity index (χ4v) is 3.68. The van der Waals surface area contributed by atoms with Gasteiger partial charge in [0.2, 0.25) is 0 Å². The highest BCUT2D eigenvalue weighted by Gasteiger charge is 2.14. The van der Waals surface area contributed by atoms with Crippen molar-refractivity contribution in [3.63, 3.8) is 0 Å². The van der Waals surface area contributed by atoms with Crippen molar-refractivity contribution in [2.45, 2.75) is 6.92 Å². The van der Waals surface area contributed by atoms with Gasteiger partial charge in [0.15, 0.2) is 11.5 Å². The largest absolute Gasteiger partial charge is 0.493 e. The van der Waals surface area contributed by atoms with E-state index in [2.05, 4.69) is 10.1 Å². The number of hydrogen-bond donors (Lipinski definition) is 0. The van der Waals surface area contributed by atoms with Crippen LogP contribution in [0.1, 0.15) is 12.5 Å². The van der Waals surface area contributed by atoms with Gasteiger partial charge in [0.05, 0.1) is 31.6 Å². The zero-order valence-electron chi connectivity index (χ0n) is 15.3. The number of nitrogens with zero attached hydrogens (tertiary/aromatic N) is 3. The Kier molecular flexibility index (Phi) is 4.94. The molecule has 142 valence electrons. The molecule has 0 atom stereocenters. The molecule has 1 aromatic carbocycles. The lowest BCUT2D eigenvalue weighted by molar-refractivity contribution is 0.311. The molecule has 28 heavy (non-hydrogen) atoms. The van der Waals surface area contributed by atoms with E-state index in [0.717, 1.165) is 11.1 Å². The number of furan rings is 1. The van der Waals surface area contributed by atoms with Crippen LogP contribution < -0.4 is 15.0 Å². The molecule has 0 aliphatic carbocycles. The minimum atomic E-state index is -0.257. The van der Waals surface area contributed by atoms with Crippen molar-refractivity contribution in [1.82, 2.24) is 9.66 Å². The van der Waals surface area contributed by atoms with Crippen molar-refractivity contribution in [3.8, 4) is 22.8 Å². The zero-order chi connectivity index (χ0) is 19.5. The fraction of sp³-hybridized carbons (Fsp3) is 0.150. The Morgan fingerprint density at radius 2 is 2.21 bits per heavy atom. The van der Waals surface area contributed by atoms with Crippen molar-refractivity contribution < 1.29 is 13.9 Å². The van der Waals surface area contributed by atoms with Gasteiger partial charge in [-0.05, 0) is 42.8 Å². The van der Waals surface area contributed by atoms with Gasteiger partial charge in [0.1, 0.15) is 16.9 Å². The number of hydrogen-bond acceptors (Lipinski definition) is 7. The molecule has 4 rings (SSSR count). The van der Waals surface area contributed by atoms with Crippen LogP contribution in [0.5, 0.6) is 11.5 Å². The highest BCUT2D eigenvalue weighted by atomic mass is 32.1. The van der Waals surface area contributed by atoms with Gasteiger partial charge in [-0.3, -0.25) is 4.79 Å². The van der Waals surface area contributed by atoms with Gasteiger partial charge < -0.3 is 13.9 Å². The van der Waals surface area contributed by atoms with Gasteiger partial charge in [-0.15, -0.1) is 11.3 Å². The standard InChI is InChI=1S/C20H17N3O4S/c1-3-26-17-9-13(6-7-16(17)25-2)10-22-23-12-21-19-18(20(23)24)14(11-28-19)15-5-4-8-27-15/h4-12H,3H2,1-2H3/b22-10-. The maximum Gasteiger partial charge on any atom is 0.283 e. The normalized spacial score (nSPS) is 11.4. The second-order valence-electron chi connectivity index (χ2n) is 5.79. The van der Waals surface area contributed by atoms with E-state index in [9.17, 15) is 4.79 Å². The summed E-state index contributed by atoms with van der Waals surface area (Å²) in [6.45, 7) is 2.42. The molecule has 0 saturated carbocycles. The molecule has 0 radical (unpaired) electrons. The number of fused-ring (bicyclic) bond motifs is 1. The van der Waals surface area contributed by atoms with Crippen LogP contribution in [0.15, 0.2) is 62.6 Å². The molecular formula is C20H17N3O4S. The van der Waals surface area contributed by atoms with Gasteiger partial charge in [-0.25, -0.2) is 4.98 Å². The Morgan fingerprint density at radius 1 is 1.32 bits per heavy atom. The minimum absolute atomic E-state index is 0.257. The van der Waals surface area contributed by atoms with Crippen molar-refractivity contribution in [1.29, 1.82) is 0 Å². The SMILES string of the molecule is CCOc1cc(/C=N\n2cnc3scc(-c4ccco4)c3c2=O)ccc1OC. The summed E-state index contributed by atoms with van der Waals surface area (Å²) in [5.74, 6) is 1.89. The van der Waals surface area contributed by atoms with Crippen LogP contribution in [0.3, 0.4) is 0 Å². The first-order valence-corrected chi connectivity index (χ1v) is 9.47. The molecule has 3 aromatic heterocycles. The van der Waals surface area contributed by atoms with E-state index in [1.807, 2.05) is 30.5 Å². The summed E-state index contributed by atoms with van der Waals surface area (Å²) in [6.07, 6.45) is 4.57. The number of thiophene rings is 1. The second-order valence-corrected chi connectivity index (χ2v) is 6.65. The smallest absolute Gasteiger partial charge is 0.283 e. The van der Waals surface area contributed by atoms with Crippen LogP contribution in [0.25, 0.3) is 21.5 Å². The summed E-state index contributed by atoms with van der Waals surface area (Å²) in [4.78, 5) is 17.9. The third-order valence-electron chi connectivity index (χ3n) is 4.08. The molecule has 3 heterocycles. The minimum Gasteiger partial charge on any atom is -0.493 e. The van der Waals surface area contributed by atoms with E-state index in [-0.39, 0.29) is 5.56 Å². The molecule has 0 saturated heterocycles. The van der Waals surface area contributed by atoms with Crippen LogP contribution in [0, 0.1) is 0 Å². The Labute approximate surface area is 164 Å². The molecule has 0 spiro atoms. The van der Waals surface area contributed by atoms with Gasteiger partial charge in [0.25, 0.3) is 5.56 Å². The monoisotopic (exact) mass is 395 g/mol. The molecule has 4 aromatic rings. The predicted octanol–water partition coefficient (Wildman–Crippen LogP) is 4.01. The van der Waals surface area contributed by atoms with Gasteiger partial charge in [0, 0.05) is 10.9 Å². The summed E-state index contributed by atoms with van der Waals surface area (Å²) < 4.78 is 17.5. The summed E-state index contributed by atoms with van der Waals surface area (Å²) in [5.41, 5.74) is 1.23. The number of rotatable bonds is 6. The highest BCUT2D eigenvalue weighted by Crippen LogP contribution is 2.31. The first-order valence-electron chi connectivity index (χ1n) is 8.59. The Hall–Kier alpha value is -3.39. The Bertz CT molecular complexity index is 1190. The molecule has 7 nitrogen and oxygen atoms in total. The van der Waals surface area contributed by atoms with Crippen molar-refractivity contribution in [2.24, 2.45) is 5.10 Å². The third kappa shape index (κ3) is 3.29. The third-order valence-corrected chi connectivity index (χ3v) is 4.97. The maximum atomic E-state index is 12.9. The molecule has 0 amide bonds. The molecule has 0 unspecified atom stereocenters. The lowest BCUT2D eigenvalue weighted by Crippen LogP contribution is -2.16. The van der Waals surface area contributed by atoms with Gasteiger partial charge in [-0.2, -0.15) is 9.78 Å². The average Bonchev–Trinajstić information content (AvgIpc) is 3.38. The van der Waals surface area contributed by atoms with Gasteiger partial charge in [-0.1, -0.05) is 0 Å². The van der Waals surface area contributed by atoms with Crippen LogP contribution in [-0.2, 0) is 0 Å². The van der Waals surface area contributed by atoms with Crippen molar-refractivity contribution in [3.05, 3.63) is 64.2 Å². The Morgan fingerprint density at radius 3 is 2.96 bits per heavy atom. The predicted molar refractivity (Wildman–Crippen MR) is 109 cm³/mol. The summed E-state index contributed by atoms with van der Waals surface area (Å²) in [7, 11) is 1.59. The van der Waals surface area contributed by atoms with Crippen LogP contribution >= 0.6 is 11.3 Å². The average molecular weight is 395 g/mol. The fourth-order valence-electron chi connectivity index (χ4n) is 2.79. The van der Waals surface area contributed by atoms with Crippen molar-refractivity contribution >= 4 is 27.8 Å². The number of benzene rings is 1. The molecule has 8 heteroatoms. The maximum absolute atomic E-state index is 12.9. The number of ether oxygens (including phenoxy) is 2. The lowest BCUT2D eigenvalue weighted by atomic mass is 10.2. The molecule has 0 bridgehead atoms. The molecule has 0 aliphatic heterocycles. The Balaban J connectivity index is 1.72. The lowest BCUT2D eigenvalue weighted by Gasteiger charge is -2.09. The van der Waals surface area contributed by atoms with E-state index < -0.39 is 0 Å². The van der Waals surface area contributed by atoms with Crippen LogP contribution in [-0.4, -0.2) is 29.6 Å². The molecule has 0 aliphatic rings. The molecular weight excluding hydrogens is 378 g/mol. The quantitative estimate of drug-likeness (QED) is 0.461. The summed E-state index contributed by atoms with van der Waals surface area (Å²) >= 11 is 1.39. The van der Waals surface area contributed by atoms with E-state index in [1.165, 1.54) is 22.3 Å². The van der Waals surface area contributed by atoms with Crippen LogP contribution in [0.4, 0.5) is 0 Å². The van der Waals surface area contributed by atoms with E-state index in [4.69, 9.17) is 13.9 Å². The second kappa shape index (κ2) is 7.69. The zero-order valence-corrected chi connectivity index (χ0v) is 16.1. The van der Waals surface area contributed by atoms with Crippen LogP contribution in [0.2, 0.25) is 0 Å². The van der Waals surface area contributed by atoms with Gasteiger partial charge >= 0.3 is 0 Å². The number of aromatic nitrogens is 2. The summed E-state index contributed by atoms with van der Waals surface area (Å²) in [6, 6.07) is 9.03.